The number of hydrogen-bond donors (Lipinski definition) is 1. The van der Waals surface area contributed by atoms with Gasteiger partial charge in [0.2, 0.25) is 0 Å². The van der Waals surface area contributed by atoms with E-state index < -0.39 is 11.7 Å². The predicted octanol–water partition coefficient (Wildman–Crippen LogP) is 4.94. The number of aliphatic hydroxyl groups excluding tert-OH is 1. The lowest BCUT2D eigenvalue weighted by Gasteiger charge is -2.41. The summed E-state index contributed by atoms with van der Waals surface area (Å²) >= 11 is 0. The van der Waals surface area contributed by atoms with Gasteiger partial charge in [0.1, 0.15) is 5.60 Å². The second-order valence-electron chi connectivity index (χ2n) is 11.5. The Balaban J connectivity index is 1.48. The molecule has 2 aromatic carbocycles. The van der Waals surface area contributed by atoms with E-state index in [1.165, 1.54) is 0 Å². The van der Waals surface area contributed by atoms with Crippen LogP contribution in [0.5, 0.6) is 0 Å². The van der Waals surface area contributed by atoms with Crippen molar-refractivity contribution in [1.29, 1.82) is 0 Å². The summed E-state index contributed by atoms with van der Waals surface area (Å²) in [6.07, 6.45) is 4.01. The Morgan fingerprint density at radius 1 is 1.00 bits per heavy atom. The molecule has 2 aliphatic rings. The van der Waals surface area contributed by atoms with Gasteiger partial charge in [-0.2, -0.15) is 0 Å². The van der Waals surface area contributed by atoms with Gasteiger partial charge in [0.25, 0.3) is 5.91 Å². The van der Waals surface area contributed by atoms with E-state index in [1.54, 1.807) is 11.2 Å². The van der Waals surface area contributed by atoms with Crippen LogP contribution in [-0.2, 0) is 11.2 Å². The number of carbonyl (C=O) groups is 2. The van der Waals surface area contributed by atoms with Crippen LogP contribution in [0.2, 0.25) is 0 Å². The van der Waals surface area contributed by atoms with Crippen LogP contribution in [0.25, 0.3) is 11.3 Å². The molecule has 8 heteroatoms. The van der Waals surface area contributed by atoms with Crippen LogP contribution in [0.4, 0.5) is 4.79 Å². The number of nitrogens with zero attached hydrogens (tertiary/aromatic N) is 4. The van der Waals surface area contributed by atoms with Crippen molar-refractivity contribution in [2.75, 3.05) is 19.6 Å². The van der Waals surface area contributed by atoms with E-state index in [-0.39, 0.29) is 24.1 Å². The first kappa shape index (κ1) is 26.9. The summed E-state index contributed by atoms with van der Waals surface area (Å²) in [5.74, 6) is -0.162. The molecule has 39 heavy (non-hydrogen) atoms. The highest BCUT2D eigenvalue weighted by molar-refractivity contribution is 5.98. The molecule has 3 aromatic rings. The van der Waals surface area contributed by atoms with Crippen LogP contribution >= 0.6 is 0 Å². The van der Waals surface area contributed by atoms with Crippen molar-refractivity contribution < 1.29 is 19.4 Å². The lowest BCUT2D eigenvalue weighted by Crippen LogP contribution is -2.58. The molecular formula is C31H38N4O4. The number of imidazole rings is 1. The molecule has 5 rings (SSSR count). The third-order valence-corrected chi connectivity index (χ3v) is 7.55. The number of aliphatic hydroxyl groups is 1. The molecule has 2 fully saturated rings. The van der Waals surface area contributed by atoms with Crippen molar-refractivity contribution in [3.05, 3.63) is 78.2 Å². The fraction of sp³-hybridized carbons (Fsp3) is 0.452. The van der Waals surface area contributed by atoms with Crippen LogP contribution in [0.1, 0.15) is 62.1 Å². The minimum absolute atomic E-state index is 0.113. The van der Waals surface area contributed by atoms with Crippen molar-refractivity contribution >= 4 is 12.0 Å². The molecule has 1 N–H and O–H groups in total. The Hall–Kier alpha value is -3.65. The van der Waals surface area contributed by atoms with Crippen LogP contribution in [0, 0.1) is 0 Å². The van der Waals surface area contributed by atoms with Gasteiger partial charge in [-0.15, -0.1) is 0 Å². The summed E-state index contributed by atoms with van der Waals surface area (Å²) in [6.45, 7) is 6.70. The zero-order valence-electron chi connectivity index (χ0n) is 23.0. The number of aromatic nitrogens is 2. The molecule has 1 saturated heterocycles. The molecule has 1 aromatic heterocycles. The van der Waals surface area contributed by atoms with Gasteiger partial charge in [-0.1, -0.05) is 60.7 Å². The monoisotopic (exact) mass is 530 g/mol. The van der Waals surface area contributed by atoms with E-state index in [2.05, 4.69) is 4.98 Å². The molecule has 2 amide bonds. The van der Waals surface area contributed by atoms with Crippen molar-refractivity contribution in [3.8, 4) is 11.3 Å². The summed E-state index contributed by atoms with van der Waals surface area (Å²) < 4.78 is 7.64. The van der Waals surface area contributed by atoms with E-state index in [4.69, 9.17) is 4.74 Å². The maximum Gasteiger partial charge on any atom is 0.410 e. The number of rotatable bonds is 5. The van der Waals surface area contributed by atoms with Crippen LogP contribution in [0.15, 0.2) is 67.0 Å². The van der Waals surface area contributed by atoms with Gasteiger partial charge in [-0.3, -0.25) is 4.79 Å². The number of carbonyl (C=O) groups excluding carboxylic acids is 2. The fourth-order valence-corrected chi connectivity index (χ4v) is 5.71. The normalized spacial score (nSPS) is 21.7. The number of amides is 2. The van der Waals surface area contributed by atoms with E-state index in [9.17, 15) is 14.7 Å². The van der Waals surface area contributed by atoms with Gasteiger partial charge in [-0.05, 0) is 52.0 Å². The number of benzene rings is 2. The molecule has 0 spiro atoms. The second-order valence-corrected chi connectivity index (χ2v) is 11.5. The molecule has 8 nitrogen and oxygen atoms in total. The molecule has 0 unspecified atom stereocenters. The average Bonchev–Trinajstić information content (AvgIpc) is 3.54. The van der Waals surface area contributed by atoms with Crippen LogP contribution in [0.3, 0.4) is 0 Å². The molecule has 0 radical (unpaired) electrons. The molecular weight excluding hydrogens is 492 g/mol. The summed E-state index contributed by atoms with van der Waals surface area (Å²) in [5.41, 5.74) is 2.50. The third kappa shape index (κ3) is 6.01. The maximum absolute atomic E-state index is 14.3. The zero-order valence-corrected chi connectivity index (χ0v) is 23.0. The van der Waals surface area contributed by atoms with Gasteiger partial charge < -0.3 is 24.2 Å². The zero-order chi connectivity index (χ0) is 27.6. The van der Waals surface area contributed by atoms with Gasteiger partial charge >= 0.3 is 6.09 Å². The first-order chi connectivity index (χ1) is 18.7. The highest BCUT2D eigenvalue weighted by Gasteiger charge is 2.38. The quantitative estimate of drug-likeness (QED) is 0.505. The molecule has 0 bridgehead atoms. The third-order valence-electron chi connectivity index (χ3n) is 7.55. The molecule has 206 valence electrons. The molecule has 1 aliphatic carbocycles. The van der Waals surface area contributed by atoms with Crippen LogP contribution < -0.4 is 0 Å². The van der Waals surface area contributed by atoms with E-state index >= 15 is 0 Å². The summed E-state index contributed by atoms with van der Waals surface area (Å²) in [6, 6.07) is 19.5. The lowest BCUT2D eigenvalue weighted by atomic mass is 10.0. The topological polar surface area (TPSA) is 87.9 Å². The standard InChI is InChI=1S/C31H38N4O4/c1-31(2,3)39-30(38)33-17-18-34(24(20-33)19-22-11-6-4-7-12-22)29(37)27-28(23-13-8-5-9-14-23)35(21-32-27)25-15-10-16-26(25)36/h4-9,11-14,21,24-26,36H,10,15-20H2,1-3H3/t24-,25-,26-/m1/s1. The van der Waals surface area contributed by atoms with Crippen molar-refractivity contribution in [2.24, 2.45) is 0 Å². The van der Waals surface area contributed by atoms with Gasteiger partial charge in [0.15, 0.2) is 5.69 Å². The average molecular weight is 531 g/mol. The van der Waals surface area contributed by atoms with Gasteiger partial charge in [0, 0.05) is 25.2 Å². The predicted molar refractivity (Wildman–Crippen MR) is 149 cm³/mol. The van der Waals surface area contributed by atoms with Gasteiger partial charge in [0.05, 0.1) is 30.2 Å². The minimum Gasteiger partial charge on any atom is -0.444 e. The molecule has 2 heterocycles. The first-order valence-electron chi connectivity index (χ1n) is 13.8. The van der Waals surface area contributed by atoms with E-state index in [0.29, 0.717) is 31.7 Å². The Labute approximate surface area is 230 Å². The van der Waals surface area contributed by atoms with E-state index in [1.807, 2.05) is 90.9 Å². The van der Waals surface area contributed by atoms with Crippen molar-refractivity contribution in [3.63, 3.8) is 0 Å². The summed E-state index contributed by atoms with van der Waals surface area (Å²) in [4.78, 5) is 35.4. The molecule has 3 atom stereocenters. The Morgan fingerprint density at radius 2 is 1.69 bits per heavy atom. The van der Waals surface area contributed by atoms with Crippen molar-refractivity contribution in [2.45, 2.75) is 70.2 Å². The molecule has 1 aliphatic heterocycles. The SMILES string of the molecule is CC(C)(C)OC(=O)N1CCN(C(=O)c2ncn([C@@H]3CCC[C@H]3O)c2-c2ccccc2)[C@H](Cc2ccccc2)C1. The molecule has 1 saturated carbocycles. The largest absolute Gasteiger partial charge is 0.444 e. The highest BCUT2D eigenvalue weighted by Crippen LogP contribution is 2.36. The first-order valence-corrected chi connectivity index (χ1v) is 13.8. The van der Waals surface area contributed by atoms with E-state index in [0.717, 1.165) is 36.1 Å². The van der Waals surface area contributed by atoms with Crippen molar-refractivity contribution in [1.82, 2.24) is 19.4 Å². The maximum atomic E-state index is 14.3. The Bertz CT molecular complexity index is 1280. The number of hydrogen-bond acceptors (Lipinski definition) is 5. The highest BCUT2D eigenvalue weighted by atomic mass is 16.6. The Morgan fingerprint density at radius 3 is 2.33 bits per heavy atom. The summed E-state index contributed by atoms with van der Waals surface area (Å²) in [5, 5.41) is 10.7. The van der Waals surface area contributed by atoms with Gasteiger partial charge in [-0.25, -0.2) is 9.78 Å². The lowest BCUT2D eigenvalue weighted by molar-refractivity contribution is 0.00429. The Kier molecular flexibility index (Phi) is 7.75. The van der Waals surface area contributed by atoms with Crippen LogP contribution in [-0.4, -0.2) is 73.8 Å². The number of ether oxygens (including phenoxy) is 1. The fourth-order valence-electron chi connectivity index (χ4n) is 5.71. The smallest absolute Gasteiger partial charge is 0.410 e. The summed E-state index contributed by atoms with van der Waals surface area (Å²) in [7, 11) is 0. The minimum atomic E-state index is -0.596. The number of piperazine rings is 1. The second kappa shape index (κ2) is 11.2.